The smallest absolute Gasteiger partial charge is 0.191 e. The van der Waals surface area contributed by atoms with Crippen molar-refractivity contribution in [2.24, 2.45) is 4.99 Å². The monoisotopic (exact) mass is 468 g/mol. The maximum absolute atomic E-state index is 4.65. The molecule has 0 bridgehead atoms. The molecule has 0 amide bonds. The quantitative estimate of drug-likeness (QED) is 0.373. The first-order valence-electron chi connectivity index (χ1n) is 8.15. The second-order valence-corrected chi connectivity index (χ2v) is 8.46. The maximum Gasteiger partial charge on any atom is 0.191 e. The fourth-order valence-electron chi connectivity index (χ4n) is 2.69. The minimum Gasteiger partial charge on any atom is -0.354 e. The maximum atomic E-state index is 4.65. The predicted molar refractivity (Wildman–Crippen MR) is 115 cm³/mol. The van der Waals surface area contributed by atoms with E-state index in [9.17, 15) is 0 Å². The predicted octanol–water partition coefficient (Wildman–Crippen LogP) is 4.22. The van der Waals surface area contributed by atoms with Crippen LogP contribution in [0.25, 0.3) is 0 Å². The van der Waals surface area contributed by atoms with Crippen molar-refractivity contribution in [2.75, 3.05) is 12.8 Å². The molecule has 1 aliphatic rings. The molecule has 2 rings (SSSR count). The summed E-state index contributed by atoms with van der Waals surface area (Å²) in [5.41, 5.74) is 1.10. The summed E-state index contributed by atoms with van der Waals surface area (Å²) in [5, 5.41) is 11.1. The number of rotatable bonds is 6. The lowest BCUT2D eigenvalue weighted by Crippen LogP contribution is -2.42. The molecule has 1 fully saturated rings. The molecule has 1 aliphatic carbocycles. The van der Waals surface area contributed by atoms with Crippen molar-refractivity contribution in [3.8, 4) is 0 Å². The number of hydrogen-bond donors (Lipinski definition) is 2. The third-order valence-corrected chi connectivity index (χ3v) is 6.28. The van der Waals surface area contributed by atoms with E-state index in [2.05, 4.69) is 58.5 Å². The van der Waals surface area contributed by atoms with Crippen molar-refractivity contribution >= 4 is 53.0 Å². The summed E-state index contributed by atoms with van der Waals surface area (Å²) < 4.78 is 0. The van der Waals surface area contributed by atoms with Crippen LogP contribution < -0.4 is 10.6 Å². The van der Waals surface area contributed by atoms with E-state index in [0.717, 1.165) is 23.4 Å². The lowest BCUT2D eigenvalue weighted by atomic mass is 10.2. The average molecular weight is 468 g/mol. The molecule has 0 aliphatic heterocycles. The fraction of sp³-hybridized carbons (Fsp3) is 0.750. The van der Waals surface area contributed by atoms with Gasteiger partial charge in [0.25, 0.3) is 0 Å². The first kappa shape index (κ1) is 21.0. The van der Waals surface area contributed by atoms with Crippen LogP contribution in [0.2, 0.25) is 0 Å². The highest BCUT2D eigenvalue weighted by atomic mass is 127. The third-order valence-electron chi connectivity index (χ3n) is 3.85. The average Bonchev–Trinajstić information content (AvgIpc) is 3.13. The summed E-state index contributed by atoms with van der Waals surface area (Å²) in [6.45, 7) is 7.34. The van der Waals surface area contributed by atoms with Gasteiger partial charge in [0.15, 0.2) is 5.96 Å². The topological polar surface area (TPSA) is 49.3 Å². The Bertz CT molecular complexity index is 490. The number of thioether (sulfide) groups is 1. The van der Waals surface area contributed by atoms with Crippen LogP contribution in [-0.2, 0) is 6.54 Å². The zero-order chi connectivity index (χ0) is 15.9. The Morgan fingerprint density at radius 1 is 1.48 bits per heavy atom. The Labute approximate surface area is 165 Å². The number of hydrogen-bond acceptors (Lipinski definition) is 4. The zero-order valence-corrected chi connectivity index (χ0v) is 18.4. The fourth-order valence-corrected chi connectivity index (χ4v) is 4.67. The number of guanidine groups is 1. The van der Waals surface area contributed by atoms with Crippen molar-refractivity contribution in [2.45, 2.75) is 63.8 Å². The van der Waals surface area contributed by atoms with Crippen molar-refractivity contribution in [1.82, 2.24) is 15.6 Å². The molecule has 1 aromatic rings. The second-order valence-electron chi connectivity index (χ2n) is 5.99. The molecule has 23 heavy (non-hydrogen) atoms. The highest BCUT2D eigenvalue weighted by molar-refractivity contribution is 14.0. The summed E-state index contributed by atoms with van der Waals surface area (Å²) in [7, 11) is 1.84. The summed E-state index contributed by atoms with van der Waals surface area (Å²) in [5.74, 6) is 2.61. The van der Waals surface area contributed by atoms with Crippen LogP contribution >= 0.6 is 47.1 Å². The Balaban J connectivity index is 0.00000264. The summed E-state index contributed by atoms with van der Waals surface area (Å²) in [6.07, 6.45) is 3.80. The Kier molecular flexibility index (Phi) is 9.84. The molecule has 7 heteroatoms. The first-order chi connectivity index (χ1) is 10.6. The molecular weight excluding hydrogens is 439 g/mol. The van der Waals surface area contributed by atoms with Gasteiger partial charge in [0, 0.05) is 29.6 Å². The molecule has 0 aromatic carbocycles. The van der Waals surface area contributed by atoms with Gasteiger partial charge in [-0.15, -0.1) is 35.3 Å². The summed E-state index contributed by atoms with van der Waals surface area (Å²) in [4.78, 5) is 9.00. The van der Waals surface area contributed by atoms with E-state index >= 15 is 0 Å². The van der Waals surface area contributed by atoms with Crippen LogP contribution in [0.1, 0.15) is 56.7 Å². The summed E-state index contributed by atoms with van der Waals surface area (Å²) >= 11 is 3.83. The standard InChI is InChI=1S/C16H28N4S2.HI/c1-5-21-14-7-6-12(8-14)20-16(17-4)18-9-13-10-22-15(19-13)11(2)3;/h10-12,14H,5-9H2,1-4H3,(H2,17,18,20);1H. The molecule has 1 aromatic heterocycles. The molecule has 1 saturated carbocycles. The number of nitrogens with one attached hydrogen (secondary N) is 2. The van der Waals surface area contributed by atoms with E-state index in [4.69, 9.17) is 0 Å². The third kappa shape index (κ3) is 6.78. The van der Waals surface area contributed by atoms with Gasteiger partial charge in [-0.1, -0.05) is 20.8 Å². The van der Waals surface area contributed by atoms with Crippen LogP contribution in [0.4, 0.5) is 0 Å². The van der Waals surface area contributed by atoms with Gasteiger partial charge in [-0.25, -0.2) is 4.98 Å². The van der Waals surface area contributed by atoms with Gasteiger partial charge in [0.2, 0.25) is 0 Å². The van der Waals surface area contributed by atoms with Crippen molar-refractivity contribution in [1.29, 1.82) is 0 Å². The normalized spacial score (nSPS) is 21.3. The van der Waals surface area contributed by atoms with Crippen molar-refractivity contribution < 1.29 is 0 Å². The largest absolute Gasteiger partial charge is 0.354 e. The zero-order valence-electron chi connectivity index (χ0n) is 14.5. The first-order valence-corrected chi connectivity index (χ1v) is 10.1. The van der Waals surface area contributed by atoms with Gasteiger partial charge in [0.05, 0.1) is 17.2 Å². The minimum absolute atomic E-state index is 0. The van der Waals surface area contributed by atoms with Crippen LogP contribution in [0, 0.1) is 0 Å². The van der Waals surface area contributed by atoms with Gasteiger partial charge in [-0.3, -0.25) is 4.99 Å². The number of aromatic nitrogens is 1. The lowest BCUT2D eigenvalue weighted by molar-refractivity contribution is 0.613. The van der Waals surface area contributed by atoms with Crippen LogP contribution in [-0.4, -0.2) is 35.0 Å². The SMILES string of the molecule is CCSC1CCC(NC(=NC)NCc2csc(C(C)C)n2)C1.I. The van der Waals surface area contributed by atoms with Gasteiger partial charge in [0.1, 0.15) is 0 Å². The van der Waals surface area contributed by atoms with E-state index in [-0.39, 0.29) is 24.0 Å². The molecule has 132 valence electrons. The Hall–Kier alpha value is -0.0200. The lowest BCUT2D eigenvalue weighted by Gasteiger charge is -2.17. The van der Waals surface area contributed by atoms with Crippen LogP contribution in [0.3, 0.4) is 0 Å². The molecule has 2 atom stereocenters. The van der Waals surface area contributed by atoms with Gasteiger partial charge in [-0.2, -0.15) is 11.8 Å². The second kappa shape index (κ2) is 10.8. The van der Waals surface area contributed by atoms with E-state index in [1.54, 1.807) is 11.3 Å². The van der Waals surface area contributed by atoms with Gasteiger partial charge >= 0.3 is 0 Å². The molecule has 0 spiro atoms. The number of nitrogens with zero attached hydrogens (tertiary/aromatic N) is 2. The van der Waals surface area contributed by atoms with Gasteiger partial charge in [-0.05, 0) is 25.0 Å². The molecule has 0 radical (unpaired) electrons. The minimum atomic E-state index is 0. The molecule has 2 N–H and O–H groups in total. The molecular formula is C16H29IN4S2. The number of aliphatic imine (C=N–C) groups is 1. The van der Waals surface area contributed by atoms with Crippen LogP contribution in [0.15, 0.2) is 10.4 Å². The Morgan fingerprint density at radius 2 is 2.26 bits per heavy atom. The van der Waals surface area contributed by atoms with E-state index in [1.165, 1.54) is 30.0 Å². The molecule has 1 heterocycles. The van der Waals surface area contributed by atoms with Gasteiger partial charge < -0.3 is 10.6 Å². The highest BCUT2D eigenvalue weighted by Gasteiger charge is 2.25. The van der Waals surface area contributed by atoms with Crippen molar-refractivity contribution in [3.63, 3.8) is 0 Å². The van der Waals surface area contributed by atoms with Crippen LogP contribution in [0.5, 0.6) is 0 Å². The van der Waals surface area contributed by atoms with E-state index in [0.29, 0.717) is 12.0 Å². The number of thiazole rings is 1. The van der Waals surface area contributed by atoms with E-state index in [1.807, 2.05) is 7.05 Å². The Morgan fingerprint density at radius 3 is 2.87 bits per heavy atom. The van der Waals surface area contributed by atoms with Crippen molar-refractivity contribution in [3.05, 3.63) is 16.1 Å². The summed E-state index contributed by atoms with van der Waals surface area (Å²) in [6, 6.07) is 0.553. The molecule has 4 nitrogen and oxygen atoms in total. The number of halogens is 1. The molecule has 2 unspecified atom stereocenters. The highest BCUT2D eigenvalue weighted by Crippen LogP contribution is 2.29. The van der Waals surface area contributed by atoms with E-state index < -0.39 is 0 Å². The molecule has 0 saturated heterocycles.